The molecule has 1 atom stereocenters. The maximum atomic E-state index is 12.8. The van der Waals surface area contributed by atoms with Gasteiger partial charge >= 0.3 is 5.97 Å². The number of thioether (sulfide) groups is 1. The van der Waals surface area contributed by atoms with Crippen LogP contribution in [0.25, 0.3) is 6.08 Å². The molecule has 1 aliphatic rings. The third-order valence-electron chi connectivity index (χ3n) is 4.32. The first-order valence-electron chi connectivity index (χ1n) is 8.87. The van der Waals surface area contributed by atoms with Crippen LogP contribution in [0.3, 0.4) is 0 Å². The Morgan fingerprint density at radius 1 is 1.28 bits per heavy atom. The summed E-state index contributed by atoms with van der Waals surface area (Å²) in [6.45, 7) is 2.06. The molecule has 0 aliphatic carbocycles. The minimum absolute atomic E-state index is 0.245. The summed E-state index contributed by atoms with van der Waals surface area (Å²) in [5, 5.41) is 10.0. The average molecular weight is 448 g/mol. The summed E-state index contributed by atoms with van der Waals surface area (Å²) in [4.78, 5) is 25.8. The Kier molecular flexibility index (Phi) is 6.95. The van der Waals surface area contributed by atoms with Gasteiger partial charge in [0.15, 0.2) is 0 Å². The molecule has 3 rings (SSSR count). The molecule has 0 aromatic heterocycles. The van der Waals surface area contributed by atoms with Crippen molar-refractivity contribution in [1.29, 1.82) is 0 Å². The largest absolute Gasteiger partial charge is 0.488 e. The molecule has 0 saturated carbocycles. The minimum atomic E-state index is -1.07. The van der Waals surface area contributed by atoms with E-state index < -0.39 is 17.9 Å². The summed E-state index contributed by atoms with van der Waals surface area (Å²) in [5.74, 6) is -0.864. The van der Waals surface area contributed by atoms with Gasteiger partial charge < -0.3 is 9.84 Å². The topological polar surface area (TPSA) is 66.8 Å². The van der Waals surface area contributed by atoms with Crippen LogP contribution in [0.4, 0.5) is 0 Å². The van der Waals surface area contributed by atoms with Gasteiger partial charge in [0.1, 0.15) is 22.7 Å². The fraction of sp³-hybridized carbons (Fsp3) is 0.190. The maximum Gasteiger partial charge on any atom is 0.326 e. The van der Waals surface area contributed by atoms with Gasteiger partial charge in [0, 0.05) is 10.6 Å². The van der Waals surface area contributed by atoms with Crippen LogP contribution in [0.5, 0.6) is 5.75 Å². The molecule has 0 spiro atoms. The Morgan fingerprint density at radius 2 is 1.97 bits per heavy atom. The molecular weight excluding hydrogens is 430 g/mol. The monoisotopic (exact) mass is 447 g/mol. The van der Waals surface area contributed by atoms with Crippen molar-refractivity contribution < 1.29 is 19.4 Å². The number of thiocarbonyl (C=S) groups is 1. The normalized spacial score (nSPS) is 16.3. The van der Waals surface area contributed by atoms with Crippen molar-refractivity contribution in [2.24, 2.45) is 0 Å². The van der Waals surface area contributed by atoms with Crippen molar-refractivity contribution in [2.75, 3.05) is 0 Å². The van der Waals surface area contributed by atoms with E-state index in [0.29, 0.717) is 27.8 Å². The fourth-order valence-corrected chi connectivity index (χ4v) is 4.30. The standard InChI is InChI=1S/C21H18ClNO4S2/c1-2-16(20(25)26)23-19(24)18(29-21(23)28)11-14-5-3-4-6-17(14)27-12-13-7-9-15(22)10-8-13/h3-11,16H,2,12H2,1H3,(H,25,26)/b18-11+/t16-/m1/s1. The Hall–Kier alpha value is -2.35. The lowest BCUT2D eigenvalue weighted by Crippen LogP contribution is -2.43. The molecule has 8 heteroatoms. The molecule has 2 aromatic carbocycles. The van der Waals surface area contributed by atoms with Gasteiger partial charge in [0.2, 0.25) is 0 Å². The highest BCUT2D eigenvalue weighted by molar-refractivity contribution is 8.26. The molecule has 150 valence electrons. The predicted molar refractivity (Wildman–Crippen MR) is 119 cm³/mol. The Labute approximate surface area is 183 Å². The SMILES string of the molecule is CC[C@H](C(=O)O)N1C(=O)/C(=C\c2ccccc2OCc2ccc(Cl)cc2)SC1=S. The van der Waals surface area contributed by atoms with Crippen LogP contribution >= 0.6 is 35.6 Å². The molecule has 0 bridgehead atoms. The van der Waals surface area contributed by atoms with Gasteiger partial charge in [-0.2, -0.15) is 0 Å². The number of rotatable bonds is 7. The van der Waals surface area contributed by atoms with Crippen molar-refractivity contribution in [3.05, 3.63) is 69.6 Å². The quantitative estimate of drug-likeness (QED) is 0.476. The number of carbonyl (C=O) groups is 2. The molecule has 29 heavy (non-hydrogen) atoms. The molecule has 1 amide bonds. The van der Waals surface area contributed by atoms with Gasteiger partial charge in [-0.3, -0.25) is 9.69 Å². The summed E-state index contributed by atoms with van der Waals surface area (Å²) in [6, 6.07) is 13.7. The highest BCUT2D eigenvalue weighted by Crippen LogP contribution is 2.36. The lowest BCUT2D eigenvalue weighted by Gasteiger charge is -2.21. The third kappa shape index (κ3) is 4.98. The predicted octanol–water partition coefficient (Wildman–Crippen LogP) is 4.98. The van der Waals surface area contributed by atoms with Gasteiger partial charge in [-0.1, -0.05) is 72.8 Å². The second-order valence-corrected chi connectivity index (χ2v) is 8.38. The number of nitrogens with zero attached hydrogens (tertiary/aromatic N) is 1. The number of carbonyl (C=O) groups excluding carboxylic acids is 1. The second kappa shape index (κ2) is 9.43. The van der Waals surface area contributed by atoms with Gasteiger partial charge in [-0.25, -0.2) is 4.79 Å². The van der Waals surface area contributed by atoms with Crippen LogP contribution in [0.2, 0.25) is 5.02 Å². The number of hydrogen-bond donors (Lipinski definition) is 1. The lowest BCUT2D eigenvalue weighted by atomic mass is 10.1. The van der Waals surface area contributed by atoms with Crippen LogP contribution in [0, 0.1) is 0 Å². The van der Waals surface area contributed by atoms with Crippen LogP contribution in [-0.4, -0.2) is 32.2 Å². The van der Waals surface area contributed by atoms with Gasteiger partial charge in [0.25, 0.3) is 5.91 Å². The number of aliphatic carboxylic acids is 1. The van der Waals surface area contributed by atoms with E-state index in [9.17, 15) is 14.7 Å². The number of benzene rings is 2. The number of hydrogen-bond acceptors (Lipinski definition) is 5. The number of ether oxygens (including phenoxy) is 1. The molecule has 1 saturated heterocycles. The van der Waals surface area contributed by atoms with Crippen molar-refractivity contribution in [2.45, 2.75) is 26.0 Å². The zero-order valence-corrected chi connectivity index (χ0v) is 17.9. The molecule has 0 unspecified atom stereocenters. The van der Waals surface area contributed by atoms with Crippen LogP contribution in [0.15, 0.2) is 53.4 Å². The zero-order valence-electron chi connectivity index (χ0n) is 15.5. The summed E-state index contributed by atoms with van der Waals surface area (Å²) < 4.78 is 6.17. The fourth-order valence-electron chi connectivity index (χ4n) is 2.83. The molecule has 1 fully saturated rings. The van der Waals surface area contributed by atoms with Crippen molar-refractivity contribution >= 4 is 57.9 Å². The van der Waals surface area contributed by atoms with Crippen LogP contribution in [0.1, 0.15) is 24.5 Å². The number of carboxylic acids is 1. The second-order valence-electron chi connectivity index (χ2n) is 6.27. The molecular formula is C21H18ClNO4S2. The molecule has 0 radical (unpaired) electrons. The van der Waals surface area contributed by atoms with E-state index in [-0.39, 0.29) is 10.7 Å². The van der Waals surface area contributed by atoms with Crippen molar-refractivity contribution in [3.8, 4) is 5.75 Å². The number of halogens is 1. The van der Waals surface area contributed by atoms with E-state index in [0.717, 1.165) is 17.3 Å². The first kappa shape index (κ1) is 21.4. The van der Waals surface area contributed by atoms with E-state index in [1.807, 2.05) is 36.4 Å². The van der Waals surface area contributed by atoms with Crippen LogP contribution < -0.4 is 4.74 Å². The zero-order chi connectivity index (χ0) is 21.0. The summed E-state index contributed by atoms with van der Waals surface area (Å²) in [7, 11) is 0. The third-order valence-corrected chi connectivity index (χ3v) is 5.90. The van der Waals surface area contributed by atoms with Crippen LogP contribution in [-0.2, 0) is 16.2 Å². The summed E-state index contributed by atoms with van der Waals surface area (Å²) in [5.41, 5.74) is 1.67. The Balaban J connectivity index is 1.81. The molecule has 1 heterocycles. The first-order chi connectivity index (χ1) is 13.9. The Morgan fingerprint density at radius 3 is 2.62 bits per heavy atom. The van der Waals surface area contributed by atoms with Crippen molar-refractivity contribution in [1.82, 2.24) is 4.90 Å². The number of para-hydroxylation sites is 1. The molecule has 5 nitrogen and oxygen atoms in total. The van der Waals surface area contributed by atoms with Gasteiger partial charge in [-0.15, -0.1) is 0 Å². The maximum absolute atomic E-state index is 12.8. The highest BCUT2D eigenvalue weighted by atomic mass is 35.5. The summed E-state index contributed by atoms with van der Waals surface area (Å²) >= 11 is 12.3. The Bertz CT molecular complexity index is 975. The van der Waals surface area contributed by atoms with E-state index >= 15 is 0 Å². The highest BCUT2D eigenvalue weighted by Gasteiger charge is 2.39. The van der Waals surface area contributed by atoms with Gasteiger partial charge in [-0.05, 0) is 36.3 Å². The van der Waals surface area contributed by atoms with E-state index in [2.05, 4.69) is 0 Å². The minimum Gasteiger partial charge on any atom is -0.488 e. The molecule has 1 N–H and O–H groups in total. The lowest BCUT2D eigenvalue weighted by molar-refractivity contribution is -0.145. The van der Waals surface area contributed by atoms with Crippen molar-refractivity contribution in [3.63, 3.8) is 0 Å². The molecule has 1 aliphatic heterocycles. The molecule has 2 aromatic rings. The van der Waals surface area contributed by atoms with E-state index in [4.69, 9.17) is 28.6 Å². The van der Waals surface area contributed by atoms with E-state index in [1.165, 1.54) is 4.90 Å². The number of amides is 1. The summed E-state index contributed by atoms with van der Waals surface area (Å²) in [6.07, 6.45) is 1.96. The van der Waals surface area contributed by atoms with Gasteiger partial charge in [0.05, 0.1) is 4.91 Å². The van der Waals surface area contributed by atoms with E-state index in [1.54, 1.807) is 25.1 Å². The first-order valence-corrected chi connectivity index (χ1v) is 10.5. The number of carboxylic acid groups (broad SMARTS) is 1. The average Bonchev–Trinajstić information content (AvgIpc) is 2.97. The smallest absolute Gasteiger partial charge is 0.326 e.